The molecule has 9 heteroatoms. The highest BCUT2D eigenvalue weighted by atomic mass is 31.2. The van der Waals surface area contributed by atoms with Crippen LogP contribution in [-0.4, -0.2) is 36.7 Å². The van der Waals surface area contributed by atoms with Crippen molar-refractivity contribution in [3.63, 3.8) is 0 Å². The average molecular weight is 400 g/mol. The second-order valence-electron chi connectivity index (χ2n) is 6.25. The Bertz CT molecular complexity index is 653. The quantitative estimate of drug-likeness (QED) is 0.432. The van der Waals surface area contributed by atoms with E-state index in [0.29, 0.717) is 0 Å². The largest absolute Gasteiger partial charge is 0.465 e. The third-order valence-corrected chi connectivity index (χ3v) is 5.28. The normalized spacial score (nSPS) is 15.6. The van der Waals surface area contributed by atoms with E-state index in [1.807, 2.05) is 30.3 Å². The zero-order chi connectivity index (χ0) is 20.4. The molecule has 0 radical (unpaired) electrons. The van der Waals surface area contributed by atoms with Gasteiger partial charge in [0.15, 0.2) is 0 Å². The molecule has 1 aromatic rings. The number of carbonyl (C=O) groups is 2. The minimum Gasteiger partial charge on any atom is -0.465 e. The van der Waals surface area contributed by atoms with E-state index in [1.54, 1.807) is 20.8 Å². The molecule has 8 nitrogen and oxygen atoms in total. The first kappa shape index (κ1) is 23.3. The lowest BCUT2D eigenvalue weighted by Crippen LogP contribution is -2.42. The molecule has 0 bridgehead atoms. The van der Waals surface area contributed by atoms with E-state index in [0.717, 1.165) is 5.56 Å². The Balaban J connectivity index is 2.87. The van der Waals surface area contributed by atoms with Gasteiger partial charge in [-0.1, -0.05) is 30.3 Å². The molecule has 1 aromatic carbocycles. The number of rotatable bonds is 11. The van der Waals surface area contributed by atoms with E-state index >= 15 is 0 Å². The molecule has 27 heavy (non-hydrogen) atoms. The van der Waals surface area contributed by atoms with E-state index in [9.17, 15) is 14.2 Å². The summed E-state index contributed by atoms with van der Waals surface area (Å²) in [4.78, 5) is 23.9. The molecule has 1 rings (SSSR count). The molecule has 152 valence electrons. The van der Waals surface area contributed by atoms with E-state index < -0.39 is 31.7 Å². The van der Waals surface area contributed by atoms with Crippen LogP contribution < -0.4 is 10.2 Å². The fraction of sp³-hybridized carbons (Fsp3) is 0.556. The summed E-state index contributed by atoms with van der Waals surface area (Å²) in [6.07, 6.45) is -0.308. The van der Waals surface area contributed by atoms with Crippen molar-refractivity contribution < 1.29 is 28.2 Å². The number of esters is 2. The molecular weight excluding hydrogens is 371 g/mol. The highest BCUT2D eigenvalue weighted by Gasteiger charge is 2.33. The van der Waals surface area contributed by atoms with Gasteiger partial charge in [0.05, 0.1) is 19.3 Å². The Labute approximate surface area is 160 Å². The van der Waals surface area contributed by atoms with Crippen molar-refractivity contribution in [3.8, 4) is 0 Å². The molecule has 0 spiro atoms. The lowest BCUT2D eigenvalue weighted by molar-refractivity contribution is -0.149. The summed E-state index contributed by atoms with van der Waals surface area (Å²) in [7, 11) is -3.77. The van der Waals surface area contributed by atoms with Gasteiger partial charge in [0, 0.05) is 0 Å². The smallest absolute Gasteiger partial charge is 0.342 e. The van der Waals surface area contributed by atoms with Gasteiger partial charge >= 0.3 is 19.6 Å². The first-order valence-electron chi connectivity index (χ1n) is 8.88. The van der Waals surface area contributed by atoms with Crippen molar-refractivity contribution in [3.05, 3.63) is 35.9 Å². The molecule has 1 unspecified atom stereocenters. The Hall–Kier alpha value is -1.73. The third kappa shape index (κ3) is 8.67. The Morgan fingerprint density at radius 2 is 1.56 bits per heavy atom. The SMILES string of the molecule is CCOC(=O)[C@H](C)NP(=O)(N[C@@H](C)C(=O)OC(C)C)OCc1ccccc1. The Kier molecular flexibility index (Phi) is 9.66. The Morgan fingerprint density at radius 1 is 1.00 bits per heavy atom. The van der Waals surface area contributed by atoms with Crippen molar-refractivity contribution in [2.45, 2.75) is 59.4 Å². The number of ether oxygens (including phenoxy) is 2. The standard InChI is InChI=1S/C18H29N2O6P/c1-6-24-17(21)14(4)19-27(23,20-15(5)18(22)26-13(2)3)25-12-16-10-8-7-9-11-16/h7-11,13-15H,6,12H2,1-5H3,(H2,19,20,23)/t14-,15-,27?/m0/s1. The summed E-state index contributed by atoms with van der Waals surface area (Å²) in [6, 6.07) is 7.34. The molecule has 0 heterocycles. The molecule has 0 amide bonds. The zero-order valence-electron chi connectivity index (χ0n) is 16.4. The topological polar surface area (TPSA) is 103 Å². The van der Waals surface area contributed by atoms with Gasteiger partial charge in [-0.15, -0.1) is 0 Å². The molecule has 0 aromatic heterocycles. The molecule has 0 saturated heterocycles. The van der Waals surface area contributed by atoms with Crippen LogP contribution in [0.5, 0.6) is 0 Å². The van der Waals surface area contributed by atoms with Crippen molar-refractivity contribution in [1.82, 2.24) is 10.2 Å². The summed E-state index contributed by atoms with van der Waals surface area (Å²) >= 11 is 0. The summed E-state index contributed by atoms with van der Waals surface area (Å²) in [6.45, 7) is 8.37. The summed E-state index contributed by atoms with van der Waals surface area (Å²) in [5.74, 6) is -1.14. The van der Waals surface area contributed by atoms with Crippen LogP contribution in [0.25, 0.3) is 0 Å². The van der Waals surface area contributed by atoms with Gasteiger partial charge in [-0.25, -0.2) is 10.2 Å². The maximum absolute atomic E-state index is 13.2. The van der Waals surface area contributed by atoms with E-state index in [4.69, 9.17) is 14.0 Å². The lowest BCUT2D eigenvalue weighted by atomic mass is 10.2. The van der Waals surface area contributed by atoms with Gasteiger partial charge in [-0.3, -0.25) is 14.2 Å². The molecule has 0 aliphatic heterocycles. The summed E-state index contributed by atoms with van der Waals surface area (Å²) in [5, 5.41) is 5.26. The second kappa shape index (κ2) is 11.2. The van der Waals surface area contributed by atoms with Crippen LogP contribution in [0.4, 0.5) is 0 Å². The molecule has 0 aliphatic rings. The predicted octanol–water partition coefficient (Wildman–Crippen LogP) is 2.78. The van der Waals surface area contributed by atoms with Crippen LogP contribution in [0.3, 0.4) is 0 Å². The van der Waals surface area contributed by atoms with Gasteiger partial charge in [0.1, 0.15) is 12.1 Å². The van der Waals surface area contributed by atoms with Crippen molar-refractivity contribution in [2.24, 2.45) is 0 Å². The van der Waals surface area contributed by atoms with Gasteiger partial charge in [0.2, 0.25) is 0 Å². The monoisotopic (exact) mass is 400 g/mol. The molecular formula is C18H29N2O6P. The fourth-order valence-electron chi connectivity index (χ4n) is 2.07. The average Bonchev–Trinajstić information content (AvgIpc) is 2.60. The predicted molar refractivity (Wildman–Crippen MR) is 102 cm³/mol. The number of hydrogen-bond acceptors (Lipinski definition) is 6. The highest BCUT2D eigenvalue weighted by Crippen LogP contribution is 2.40. The second-order valence-corrected chi connectivity index (χ2v) is 8.13. The first-order valence-corrected chi connectivity index (χ1v) is 10.5. The van der Waals surface area contributed by atoms with Gasteiger partial charge in [-0.05, 0) is 40.2 Å². The van der Waals surface area contributed by atoms with Crippen LogP contribution in [-0.2, 0) is 34.8 Å². The van der Waals surface area contributed by atoms with Crippen LogP contribution in [0, 0.1) is 0 Å². The zero-order valence-corrected chi connectivity index (χ0v) is 17.3. The molecule has 0 fully saturated rings. The number of nitrogens with one attached hydrogen (secondary N) is 2. The highest BCUT2D eigenvalue weighted by molar-refractivity contribution is 7.54. The minimum absolute atomic E-state index is 0.0274. The number of benzene rings is 1. The van der Waals surface area contributed by atoms with Crippen LogP contribution in [0.1, 0.15) is 40.2 Å². The van der Waals surface area contributed by atoms with Gasteiger partial charge in [0.25, 0.3) is 0 Å². The van der Waals surface area contributed by atoms with Crippen LogP contribution in [0.2, 0.25) is 0 Å². The van der Waals surface area contributed by atoms with E-state index in [-0.39, 0.29) is 19.3 Å². The lowest BCUT2D eigenvalue weighted by Gasteiger charge is -2.26. The first-order chi connectivity index (χ1) is 12.7. The summed E-state index contributed by atoms with van der Waals surface area (Å²) < 4.78 is 28.8. The minimum atomic E-state index is -3.77. The van der Waals surface area contributed by atoms with Crippen LogP contribution in [0.15, 0.2) is 30.3 Å². The summed E-state index contributed by atoms with van der Waals surface area (Å²) in [5.41, 5.74) is 0.794. The molecule has 2 N–H and O–H groups in total. The van der Waals surface area contributed by atoms with Gasteiger partial charge in [-0.2, -0.15) is 0 Å². The third-order valence-electron chi connectivity index (χ3n) is 3.33. The van der Waals surface area contributed by atoms with Gasteiger partial charge < -0.3 is 14.0 Å². The van der Waals surface area contributed by atoms with Crippen molar-refractivity contribution >= 4 is 19.6 Å². The molecule has 0 aliphatic carbocycles. The van der Waals surface area contributed by atoms with Crippen molar-refractivity contribution in [1.29, 1.82) is 0 Å². The number of carbonyl (C=O) groups excluding carboxylic acids is 2. The number of hydrogen-bond donors (Lipinski definition) is 2. The van der Waals surface area contributed by atoms with Crippen molar-refractivity contribution in [2.75, 3.05) is 6.61 Å². The molecule has 0 saturated carbocycles. The Morgan fingerprint density at radius 3 is 2.07 bits per heavy atom. The van der Waals surface area contributed by atoms with E-state index in [2.05, 4.69) is 10.2 Å². The maximum Gasteiger partial charge on any atom is 0.342 e. The molecule has 3 atom stereocenters. The maximum atomic E-state index is 13.2. The fourth-order valence-corrected chi connectivity index (χ4v) is 3.85. The van der Waals surface area contributed by atoms with Crippen LogP contribution >= 0.6 is 7.67 Å². The van der Waals surface area contributed by atoms with E-state index in [1.165, 1.54) is 13.8 Å².